The van der Waals surface area contributed by atoms with Gasteiger partial charge in [-0.25, -0.2) is 15.0 Å². The zero-order chi connectivity index (χ0) is 26.6. The fourth-order valence-corrected chi connectivity index (χ4v) is 5.76. The Balaban J connectivity index is 1.36. The Kier molecular flexibility index (Phi) is 5.30. The van der Waals surface area contributed by atoms with Crippen LogP contribution < -0.4 is 5.73 Å². The SMILES string of the molecule is CCC1(O)CC(N)(c2ccc(-c3nc4ccn5c(-c6ncccn6)nnc5c4cc3-c3ccccc3)cc2)C1. The maximum absolute atomic E-state index is 10.5. The average Bonchev–Trinajstić information content (AvgIpc) is 3.41. The van der Waals surface area contributed by atoms with E-state index in [-0.39, 0.29) is 0 Å². The summed E-state index contributed by atoms with van der Waals surface area (Å²) in [6, 6.07) is 24.4. The number of aromatic nitrogens is 6. The minimum absolute atomic E-state index is 0.498. The third-order valence-corrected chi connectivity index (χ3v) is 7.90. The van der Waals surface area contributed by atoms with E-state index >= 15 is 0 Å². The van der Waals surface area contributed by atoms with Crippen molar-refractivity contribution in [1.29, 1.82) is 0 Å². The standard InChI is InChI=1S/C31H27N7O/c1-2-30(39)18-31(32,19-30)22-11-9-21(10-12-22)26-23(20-7-4-3-5-8-20)17-24-25(35-26)13-16-38-28(24)36-37-29(38)27-33-14-6-15-34-27/h3-17,39H,2,18-19,32H2,1H3. The number of hydrogen-bond donors (Lipinski definition) is 2. The van der Waals surface area contributed by atoms with Crippen molar-refractivity contribution in [3.63, 3.8) is 0 Å². The molecule has 0 spiro atoms. The van der Waals surface area contributed by atoms with Crippen LogP contribution >= 0.6 is 0 Å². The molecule has 1 aliphatic rings. The van der Waals surface area contributed by atoms with Gasteiger partial charge in [0, 0.05) is 40.6 Å². The molecule has 4 heterocycles. The molecule has 192 valence electrons. The number of nitrogens with zero attached hydrogens (tertiary/aromatic N) is 6. The summed E-state index contributed by atoms with van der Waals surface area (Å²) in [4.78, 5) is 13.8. The summed E-state index contributed by atoms with van der Waals surface area (Å²) < 4.78 is 1.90. The van der Waals surface area contributed by atoms with E-state index in [1.54, 1.807) is 18.5 Å². The Morgan fingerprint density at radius 1 is 0.897 bits per heavy atom. The fourth-order valence-electron chi connectivity index (χ4n) is 5.76. The molecular formula is C31H27N7O. The Bertz CT molecular complexity index is 1810. The highest BCUT2D eigenvalue weighted by Crippen LogP contribution is 2.48. The van der Waals surface area contributed by atoms with E-state index in [2.05, 4.69) is 62.6 Å². The van der Waals surface area contributed by atoms with Gasteiger partial charge in [0.1, 0.15) is 0 Å². The largest absolute Gasteiger partial charge is 0.390 e. The smallest absolute Gasteiger partial charge is 0.206 e. The zero-order valence-electron chi connectivity index (χ0n) is 21.5. The second-order valence-corrected chi connectivity index (χ2v) is 10.5. The molecule has 7 rings (SSSR count). The van der Waals surface area contributed by atoms with Crippen LogP contribution in [0.1, 0.15) is 31.7 Å². The Morgan fingerprint density at radius 3 is 2.36 bits per heavy atom. The lowest BCUT2D eigenvalue weighted by Crippen LogP contribution is -2.59. The van der Waals surface area contributed by atoms with Crippen molar-refractivity contribution >= 4 is 16.6 Å². The molecule has 8 heteroatoms. The van der Waals surface area contributed by atoms with Crippen LogP contribution in [0.4, 0.5) is 0 Å². The first-order chi connectivity index (χ1) is 19.0. The van der Waals surface area contributed by atoms with Crippen LogP contribution in [-0.2, 0) is 5.54 Å². The molecular weight excluding hydrogens is 486 g/mol. The number of rotatable bonds is 5. The van der Waals surface area contributed by atoms with Crippen molar-refractivity contribution in [2.75, 3.05) is 0 Å². The van der Waals surface area contributed by atoms with Gasteiger partial charge in [-0.3, -0.25) is 4.40 Å². The summed E-state index contributed by atoms with van der Waals surface area (Å²) in [5.74, 6) is 1.09. The predicted molar refractivity (Wildman–Crippen MR) is 151 cm³/mol. The second-order valence-electron chi connectivity index (χ2n) is 10.5. The molecule has 0 bridgehead atoms. The summed E-state index contributed by atoms with van der Waals surface area (Å²) in [6.45, 7) is 2.00. The van der Waals surface area contributed by atoms with Gasteiger partial charge in [0.2, 0.25) is 5.82 Å². The van der Waals surface area contributed by atoms with E-state index in [9.17, 15) is 5.11 Å². The van der Waals surface area contributed by atoms with Crippen molar-refractivity contribution in [2.24, 2.45) is 5.73 Å². The molecule has 0 radical (unpaired) electrons. The maximum atomic E-state index is 10.5. The topological polar surface area (TPSA) is 115 Å². The van der Waals surface area contributed by atoms with Crippen molar-refractivity contribution in [1.82, 2.24) is 29.5 Å². The molecule has 0 saturated heterocycles. The number of aliphatic hydroxyl groups is 1. The van der Waals surface area contributed by atoms with Crippen LogP contribution in [0.5, 0.6) is 0 Å². The zero-order valence-corrected chi connectivity index (χ0v) is 21.5. The van der Waals surface area contributed by atoms with E-state index in [0.717, 1.165) is 38.9 Å². The van der Waals surface area contributed by atoms with Gasteiger partial charge in [-0.2, -0.15) is 0 Å². The normalized spacial score (nSPS) is 20.8. The van der Waals surface area contributed by atoms with Crippen LogP contribution in [0.3, 0.4) is 0 Å². The van der Waals surface area contributed by atoms with Gasteiger partial charge in [0.25, 0.3) is 0 Å². The van der Waals surface area contributed by atoms with E-state index in [1.807, 2.05) is 41.8 Å². The van der Waals surface area contributed by atoms with Gasteiger partial charge >= 0.3 is 0 Å². The summed E-state index contributed by atoms with van der Waals surface area (Å²) in [5.41, 5.74) is 12.0. The van der Waals surface area contributed by atoms with E-state index < -0.39 is 11.1 Å². The molecule has 0 atom stereocenters. The average molecular weight is 514 g/mol. The Labute approximate surface area is 225 Å². The number of nitrogens with two attached hydrogens (primary N) is 1. The van der Waals surface area contributed by atoms with Crippen LogP contribution in [0.25, 0.3) is 50.6 Å². The number of hydrogen-bond acceptors (Lipinski definition) is 7. The highest BCUT2D eigenvalue weighted by molar-refractivity contribution is 5.98. The summed E-state index contributed by atoms with van der Waals surface area (Å²) >= 11 is 0. The van der Waals surface area contributed by atoms with Crippen LogP contribution in [0, 0.1) is 0 Å². The highest BCUT2D eigenvalue weighted by Gasteiger charge is 2.51. The molecule has 3 N–H and O–H groups in total. The molecule has 0 unspecified atom stereocenters. The molecule has 0 amide bonds. The van der Waals surface area contributed by atoms with E-state index in [4.69, 9.17) is 10.7 Å². The molecule has 4 aromatic heterocycles. The predicted octanol–water partition coefficient (Wildman–Crippen LogP) is 5.16. The molecule has 0 aliphatic heterocycles. The van der Waals surface area contributed by atoms with Gasteiger partial charge in [-0.1, -0.05) is 61.5 Å². The molecule has 1 aliphatic carbocycles. The van der Waals surface area contributed by atoms with Crippen LogP contribution in [0.2, 0.25) is 0 Å². The number of benzene rings is 2. The summed E-state index contributed by atoms with van der Waals surface area (Å²) in [6.07, 6.45) is 7.16. The third kappa shape index (κ3) is 3.88. The van der Waals surface area contributed by atoms with Crippen molar-refractivity contribution < 1.29 is 5.11 Å². The van der Waals surface area contributed by atoms with Gasteiger partial charge in [-0.15, -0.1) is 10.2 Å². The summed E-state index contributed by atoms with van der Waals surface area (Å²) in [7, 11) is 0. The first-order valence-electron chi connectivity index (χ1n) is 13.1. The second kappa shape index (κ2) is 8.76. The monoisotopic (exact) mass is 513 g/mol. The Hall–Kier alpha value is -4.53. The number of fused-ring (bicyclic) bond motifs is 3. The lowest BCUT2D eigenvalue weighted by molar-refractivity contribution is -0.0916. The third-order valence-electron chi connectivity index (χ3n) is 7.90. The fraction of sp³-hybridized carbons (Fsp3) is 0.194. The molecule has 1 fully saturated rings. The quantitative estimate of drug-likeness (QED) is 0.327. The maximum Gasteiger partial charge on any atom is 0.206 e. The van der Waals surface area contributed by atoms with Gasteiger partial charge in [0.15, 0.2) is 11.5 Å². The lowest BCUT2D eigenvalue weighted by atomic mass is 9.61. The van der Waals surface area contributed by atoms with Crippen LogP contribution in [0.15, 0.2) is 91.4 Å². The van der Waals surface area contributed by atoms with Crippen molar-refractivity contribution in [2.45, 2.75) is 37.3 Å². The highest BCUT2D eigenvalue weighted by atomic mass is 16.3. The molecule has 6 aromatic rings. The van der Waals surface area contributed by atoms with Crippen LogP contribution in [-0.4, -0.2) is 40.3 Å². The molecule has 39 heavy (non-hydrogen) atoms. The van der Waals surface area contributed by atoms with Gasteiger partial charge in [0.05, 0.1) is 16.8 Å². The van der Waals surface area contributed by atoms with Gasteiger partial charge < -0.3 is 10.8 Å². The Morgan fingerprint density at radius 2 is 1.64 bits per heavy atom. The van der Waals surface area contributed by atoms with Gasteiger partial charge in [-0.05, 0) is 48.6 Å². The molecule has 2 aromatic carbocycles. The summed E-state index contributed by atoms with van der Waals surface area (Å²) in [5, 5.41) is 20.3. The molecule has 8 nitrogen and oxygen atoms in total. The van der Waals surface area contributed by atoms with Crippen molar-refractivity contribution in [3.05, 3.63) is 97.0 Å². The van der Waals surface area contributed by atoms with E-state index in [1.165, 1.54) is 0 Å². The first kappa shape index (κ1) is 23.6. The first-order valence-corrected chi connectivity index (χ1v) is 13.1. The minimum atomic E-state index is -0.659. The van der Waals surface area contributed by atoms with Crippen molar-refractivity contribution in [3.8, 4) is 34.0 Å². The number of pyridine rings is 2. The lowest BCUT2D eigenvalue weighted by Gasteiger charge is -2.51. The minimum Gasteiger partial charge on any atom is -0.390 e. The van der Waals surface area contributed by atoms with E-state index in [0.29, 0.717) is 36.6 Å². The molecule has 1 saturated carbocycles.